The number of hydrogen-bond donors (Lipinski definition) is 3. The summed E-state index contributed by atoms with van der Waals surface area (Å²) in [6, 6.07) is 11.0. The second-order valence-corrected chi connectivity index (χ2v) is 12.0. The fourth-order valence-corrected chi connectivity index (χ4v) is 5.23. The van der Waals surface area contributed by atoms with Crippen molar-refractivity contribution in [3.63, 3.8) is 0 Å². The van der Waals surface area contributed by atoms with Crippen LogP contribution in [0.3, 0.4) is 0 Å². The van der Waals surface area contributed by atoms with Gasteiger partial charge in [0.15, 0.2) is 11.5 Å². The molecule has 0 spiro atoms. The molecular formula is C34H53FN2O6. The average Bonchev–Trinajstić information content (AvgIpc) is 2.97. The van der Waals surface area contributed by atoms with Crippen LogP contribution in [-0.4, -0.2) is 64.3 Å². The maximum atomic E-state index is 13.5. The molecule has 9 heteroatoms. The number of carbonyl (C=O) groups is 1. The molecule has 2 rings (SSSR count). The molecule has 0 heterocycles. The molecule has 0 aromatic heterocycles. The number of benzene rings is 2. The Labute approximate surface area is 257 Å². The molecule has 5 atom stereocenters. The van der Waals surface area contributed by atoms with Gasteiger partial charge in [-0.05, 0) is 72.4 Å². The molecule has 0 aliphatic heterocycles. The summed E-state index contributed by atoms with van der Waals surface area (Å²) in [5.41, 5.74) is 8.44. The average molecular weight is 605 g/mol. The maximum Gasteiger partial charge on any atom is 0.224 e. The lowest BCUT2D eigenvalue weighted by Crippen LogP contribution is -2.43. The lowest BCUT2D eigenvalue weighted by Gasteiger charge is -2.31. The minimum absolute atomic E-state index is 0.0271. The van der Waals surface area contributed by atoms with Crippen LogP contribution in [0.4, 0.5) is 4.39 Å². The third-order valence-electron chi connectivity index (χ3n) is 8.05. The number of nitrogens with one attached hydrogen (secondary N) is 1. The molecule has 2 aromatic carbocycles. The molecular weight excluding hydrogens is 551 g/mol. The third kappa shape index (κ3) is 12.1. The summed E-state index contributed by atoms with van der Waals surface area (Å²) in [4.78, 5) is 13.4. The van der Waals surface area contributed by atoms with Gasteiger partial charge in [-0.15, -0.1) is 0 Å². The maximum absolute atomic E-state index is 13.5. The molecule has 0 aliphatic rings. The van der Waals surface area contributed by atoms with Gasteiger partial charge in [0.2, 0.25) is 5.91 Å². The minimum Gasteiger partial charge on any atom is -0.493 e. The number of halogens is 1. The van der Waals surface area contributed by atoms with Crippen molar-refractivity contribution >= 4 is 5.91 Å². The molecule has 43 heavy (non-hydrogen) atoms. The number of ether oxygens (including phenoxy) is 4. The molecule has 0 saturated carbocycles. The Morgan fingerprint density at radius 1 is 0.930 bits per heavy atom. The van der Waals surface area contributed by atoms with E-state index in [0.717, 1.165) is 24.0 Å². The predicted octanol–water partition coefficient (Wildman–Crippen LogP) is 5.31. The predicted molar refractivity (Wildman–Crippen MR) is 168 cm³/mol. The normalized spacial score (nSPS) is 15.2. The SMILES string of the molecule is COCCCOc1cc(C[C@@H](C[C@H](N)[C@@H](O)C[C@H](C(=O)N[C@H](COC)c2ccc(F)cc2)C(C)C)C(C)C)ccc1OC. The zero-order chi connectivity index (χ0) is 31.9. The number of carbonyl (C=O) groups excluding carboxylic acids is 1. The Morgan fingerprint density at radius 3 is 2.21 bits per heavy atom. The summed E-state index contributed by atoms with van der Waals surface area (Å²) < 4.78 is 35.3. The topological polar surface area (TPSA) is 112 Å². The number of nitrogens with two attached hydrogens (primary N) is 1. The Balaban J connectivity index is 2.07. The first-order valence-electron chi connectivity index (χ1n) is 15.3. The molecule has 1 amide bonds. The Bertz CT molecular complexity index is 1080. The molecule has 2 aromatic rings. The van der Waals surface area contributed by atoms with E-state index in [1.54, 1.807) is 33.5 Å². The van der Waals surface area contributed by atoms with Crippen molar-refractivity contribution in [2.75, 3.05) is 41.2 Å². The van der Waals surface area contributed by atoms with Crippen LogP contribution in [0.5, 0.6) is 11.5 Å². The zero-order valence-electron chi connectivity index (χ0n) is 27.0. The van der Waals surface area contributed by atoms with Gasteiger partial charge in [-0.3, -0.25) is 4.79 Å². The van der Waals surface area contributed by atoms with Crippen LogP contribution < -0.4 is 20.5 Å². The standard InChI is InChI=1S/C34H53FN2O6/c1-22(2)26(17-24-9-14-32(42-7)33(18-24)43-16-8-15-40-5)19-29(36)31(38)20-28(23(3)4)34(39)37-30(21-41-6)25-10-12-27(35)13-11-25/h9-14,18,22-23,26,28-31,38H,8,15-17,19-21,36H2,1-7H3,(H,37,39)/t26-,28-,29-,30+,31-/m0/s1. The van der Waals surface area contributed by atoms with E-state index in [1.165, 1.54) is 12.1 Å². The van der Waals surface area contributed by atoms with Crippen molar-refractivity contribution in [2.45, 2.75) is 71.6 Å². The van der Waals surface area contributed by atoms with E-state index in [4.69, 9.17) is 24.7 Å². The van der Waals surface area contributed by atoms with Crippen molar-refractivity contribution < 1.29 is 33.2 Å². The second-order valence-electron chi connectivity index (χ2n) is 12.0. The molecule has 8 nitrogen and oxygen atoms in total. The van der Waals surface area contributed by atoms with Crippen molar-refractivity contribution in [2.24, 2.45) is 29.4 Å². The lowest BCUT2D eigenvalue weighted by molar-refractivity contribution is -0.128. The molecule has 242 valence electrons. The molecule has 0 aliphatic carbocycles. The van der Waals surface area contributed by atoms with Crippen molar-refractivity contribution in [1.29, 1.82) is 0 Å². The molecule has 0 radical (unpaired) electrons. The summed E-state index contributed by atoms with van der Waals surface area (Å²) in [6.07, 6.45) is 1.52. The van der Waals surface area contributed by atoms with Gasteiger partial charge in [0.1, 0.15) is 5.82 Å². The van der Waals surface area contributed by atoms with Gasteiger partial charge in [0.25, 0.3) is 0 Å². The number of aliphatic hydroxyl groups is 1. The molecule has 0 fully saturated rings. The number of hydrogen-bond acceptors (Lipinski definition) is 7. The molecule has 0 unspecified atom stereocenters. The molecule has 0 bridgehead atoms. The van der Waals surface area contributed by atoms with Crippen LogP contribution in [0, 0.1) is 29.5 Å². The van der Waals surface area contributed by atoms with Gasteiger partial charge in [0.05, 0.1) is 32.5 Å². The van der Waals surface area contributed by atoms with E-state index in [2.05, 4.69) is 19.2 Å². The Morgan fingerprint density at radius 2 is 1.63 bits per heavy atom. The molecule has 0 saturated heterocycles. The van der Waals surface area contributed by atoms with Crippen LogP contribution in [0.1, 0.15) is 64.1 Å². The minimum atomic E-state index is -0.860. The fourth-order valence-electron chi connectivity index (χ4n) is 5.23. The first-order valence-corrected chi connectivity index (χ1v) is 15.3. The van der Waals surface area contributed by atoms with Crippen LogP contribution in [0.2, 0.25) is 0 Å². The van der Waals surface area contributed by atoms with E-state index < -0.39 is 24.1 Å². The summed E-state index contributed by atoms with van der Waals surface area (Å²) in [5.74, 6) is 0.877. The first kappa shape index (κ1) is 36.5. The van der Waals surface area contributed by atoms with Gasteiger partial charge in [-0.25, -0.2) is 4.39 Å². The summed E-state index contributed by atoms with van der Waals surface area (Å²) in [5, 5.41) is 14.2. The summed E-state index contributed by atoms with van der Waals surface area (Å²) in [6.45, 7) is 9.63. The van der Waals surface area contributed by atoms with Crippen LogP contribution in [-0.2, 0) is 20.7 Å². The monoisotopic (exact) mass is 604 g/mol. The highest BCUT2D eigenvalue weighted by molar-refractivity contribution is 5.79. The van der Waals surface area contributed by atoms with Gasteiger partial charge >= 0.3 is 0 Å². The van der Waals surface area contributed by atoms with E-state index in [0.29, 0.717) is 37.1 Å². The van der Waals surface area contributed by atoms with E-state index >= 15 is 0 Å². The largest absolute Gasteiger partial charge is 0.493 e. The van der Waals surface area contributed by atoms with Gasteiger partial charge in [0, 0.05) is 39.2 Å². The number of aliphatic hydroxyl groups excluding tert-OH is 1. The lowest BCUT2D eigenvalue weighted by atomic mass is 9.80. The van der Waals surface area contributed by atoms with E-state index in [-0.39, 0.29) is 36.6 Å². The van der Waals surface area contributed by atoms with Crippen molar-refractivity contribution in [3.8, 4) is 11.5 Å². The smallest absolute Gasteiger partial charge is 0.224 e. The van der Waals surface area contributed by atoms with Gasteiger partial charge < -0.3 is 35.1 Å². The van der Waals surface area contributed by atoms with E-state index in [1.807, 2.05) is 32.0 Å². The van der Waals surface area contributed by atoms with E-state index in [9.17, 15) is 14.3 Å². The second kappa shape index (κ2) is 18.8. The number of rotatable bonds is 20. The summed E-state index contributed by atoms with van der Waals surface area (Å²) in [7, 11) is 4.85. The van der Waals surface area contributed by atoms with Crippen molar-refractivity contribution in [1.82, 2.24) is 5.32 Å². The van der Waals surface area contributed by atoms with Crippen LogP contribution >= 0.6 is 0 Å². The zero-order valence-corrected chi connectivity index (χ0v) is 27.0. The highest BCUT2D eigenvalue weighted by Crippen LogP contribution is 2.32. The van der Waals surface area contributed by atoms with Gasteiger partial charge in [-0.2, -0.15) is 0 Å². The van der Waals surface area contributed by atoms with Gasteiger partial charge in [-0.1, -0.05) is 45.9 Å². The first-order chi connectivity index (χ1) is 20.5. The number of amides is 1. The Kier molecular flexibility index (Phi) is 16.0. The molecule has 4 N–H and O–H groups in total. The fraction of sp³-hybridized carbons (Fsp3) is 0.618. The quantitative estimate of drug-likeness (QED) is 0.176. The van der Waals surface area contributed by atoms with Crippen LogP contribution in [0.25, 0.3) is 0 Å². The third-order valence-corrected chi connectivity index (χ3v) is 8.05. The van der Waals surface area contributed by atoms with Crippen molar-refractivity contribution in [3.05, 3.63) is 59.4 Å². The highest BCUT2D eigenvalue weighted by Gasteiger charge is 2.31. The highest BCUT2D eigenvalue weighted by atomic mass is 19.1. The number of methoxy groups -OCH3 is 3. The Hall–Kier alpha value is -2.72. The van der Waals surface area contributed by atoms with Crippen LogP contribution in [0.15, 0.2) is 42.5 Å². The summed E-state index contributed by atoms with van der Waals surface area (Å²) >= 11 is 0.